The van der Waals surface area contributed by atoms with Crippen LogP contribution in [0, 0.1) is 0 Å². The van der Waals surface area contributed by atoms with E-state index in [-0.39, 0.29) is 11.2 Å². The molecule has 1 fully saturated rings. The molecule has 0 aliphatic carbocycles. The van der Waals surface area contributed by atoms with Crippen LogP contribution in [-0.2, 0) is 9.53 Å². The number of methoxy groups -OCH3 is 1. The van der Waals surface area contributed by atoms with Crippen molar-refractivity contribution in [3.05, 3.63) is 17.0 Å². The largest absolute Gasteiger partial charge is 0.465 e. The average Bonchev–Trinajstić information content (AvgIpc) is 3.28. The first kappa shape index (κ1) is 17.2. The van der Waals surface area contributed by atoms with Gasteiger partial charge in [-0.1, -0.05) is 23.1 Å². The number of carbonyl (C=O) groups excluding carboxylic acids is 2. The van der Waals surface area contributed by atoms with E-state index in [0.717, 1.165) is 9.47 Å². The Hall–Kier alpha value is -1.65. The molecule has 1 saturated heterocycles. The lowest BCUT2D eigenvalue weighted by atomic mass is 10.3. The molecule has 0 spiro atoms. The lowest BCUT2D eigenvalue weighted by Crippen LogP contribution is -2.28. The fourth-order valence-corrected chi connectivity index (χ4v) is 5.26. The third kappa shape index (κ3) is 3.26. The highest BCUT2D eigenvalue weighted by Crippen LogP contribution is 2.38. The van der Waals surface area contributed by atoms with Gasteiger partial charge in [-0.15, -0.1) is 21.5 Å². The Kier molecular flexibility index (Phi) is 5.07. The fraction of sp³-hybridized carbons (Fsp3) is 0.429. The molecule has 1 aliphatic heterocycles. The molecule has 1 amide bonds. The van der Waals surface area contributed by atoms with Gasteiger partial charge in [0, 0.05) is 20.6 Å². The molecule has 7 nitrogen and oxygen atoms in total. The van der Waals surface area contributed by atoms with Crippen LogP contribution in [0.4, 0.5) is 10.1 Å². The topological polar surface area (TPSA) is 75.6 Å². The molecule has 2 aromatic rings. The molecule has 0 N–H and O–H groups in total. The molecule has 1 atom stereocenters. The minimum Gasteiger partial charge on any atom is -0.465 e. The van der Waals surface area contributed by atoms with E-state index < -0.39 is 5.97 Å². The summed E-state index contributed by atoms with van der Waals surface area (Å²) in [6, 6.07) is 1.69. The van der Waals surface area contributed by atoms with E-state index in [0.29, 0.717) is 23.5 Å². The lowest BCUT2D eigenvalue weighted by molar-refractivity contribution is -0.116. The molecule has 24 heavy (non-hydrogen) atoms. The molecule has 1 unspecified atom stereocenters. The zero-order valence-electron chi connectivity index (χ0n) is 13.4. The minimum atomic E-state index is -0.421. The molecular formula is C14H16N4O3S3. The highest BCUT2D eigenvalue weighted by Gasteiger charge is 2.36. The number of ether oxygens (including phenoxy) is 1. The number of carbonyl (C=O) groups is 2. The van der Waals surface area contributed by atoms with Gasteiger partial charge >= 0.3 is 5.97 Å². The second-order valence-corrected chi connectivity index (χ2v) is 8.56. The van der Waals surface area contributed by atoms with Crippen molar-refractivity contribution in [2.45, 2.75) is 16.0 Å². The monoisotopic (exact) mass is 384 g/mol. The van der Waals surface area contributed by atoms with Gasteiger partial charge in [-0.3, -0.25) is 4.79 Å². The van der Waals surface area contributed by atoms with Gasteiger partial charge in [0.2, 0.25) is 11.0 Å². The molecule has 1 aliphatic rings. The van der Waals surface area contributed by atoms with Gasteiger partial charge in [0.05, 0.1) is 17.9 Å². The van der Waals surface area contributed by atoms with Crippen LogP contribution in [0.2, 0.25) is 0 Å². The van der Waals surface area contributed by atoms with Gasteiger partial charge < -0.3 is 14.5 Å². The Bertz CT molecular complexity index is 758. The molecule has 3 heterocycles. The summed E-state index contributed by atoms with van der Waals surface area (Å²) < 4.78 is 5.56. The van der Waals surface area contributed by atoms with Crippen LogP contribution >= 0.6 is 34.4 Å². The van der Waals surface area contributed by atoms with Crippen LogP contribution in [0.1, 0.15) is 16.8 Å². The quantitative estimate of drug-likeness (QED) is 0.733. The smallest absolute Gasteiger partial charge is 0.340 e. The number of amides is 1. The Labute approximate surface area is 151 Å². The van der Waals surface area contributed by atoms with Crippen LogP contribution in [0.15, 0.2) is 15.8 Å². The van der Waals surface area contributed by atoms with Gasteiger partial charge in [0.25, 0.3) is 0 Å². The van der Waals surface area contributed by atoms with Crippen molar-refractivity contribution in [2.24, 2.45) is 0 Å². The number of esters is 1. The number of rotatable bonds is 5. The standard InChI is InChI=1S/C14H16N4O3S3/c1-17(2)13-15-16-14(24-13)23-9-4-6-18(10(9)19)11-8(5-7-22-11)12(20)21-3/h5,7,9H,4,6H2,1-3H3. The van der Waals surface area contributed by atoms with Crippen molar-refractivity contribution in [3.63, 3.8) is 0 Å². The van der Waals surface area contributed by atoms with E-state index in [1.165, 1.54) is 41.5 Å². The summed E-state index contributed by atoms with van der Waals surface area (Å²) in [7, 11) is 5.15. The first-order chi connectivity index (χ1) is 11.5. The Morgan fingerprint density at radius 2 is 2.25 bits per heavy atom. The number of aromatic nitrogens is 2. The van der Waals surface area contributed by atoms with E-state index in [1.807, 2.05) is 19.0 Å². The summed E-state index contributed by atoms with van der Waals surface area (Å²) in [5.74, 6) is -0.427. The summed E-state index contributed by atoms with van der Waals surface area (Å²) in [6.45, 7) is 0.584. The number of thioether (sulfide) groups is 1. The normalized spacial score (nSPS) is 17.4. The van der Waals surface area contributed by atoms with Crippen molar-refractivity contribution in [2.75, 3.05) is 37.5 Å². The fourth-order valence-electron chi connectivity index (χ4n) is 2.29. The third-order valence-electron chi connectivity index (χ3n) is 3.47. The summed E-state index contributed by atoms with van der Waals surface area (Å²) in [5, 5.41) is 11.3. The van der Waals surface area contributed by atoms with Gasteiger partial charge in [0.1, 0.15) is 5.00 Å². The molecule has 0 saturated carbocycles. The maximum atomic E-state index is 12.7. The molecule has 128 valence electrons. The van der Waals surface area contributed by atoms with Gasteiger partial charge in [-0.05, 0) is 17.9 Å². The maximum absolute atomic E-state index is 12.7. The predicted molar refractivity (Wildman–Crippen MR) is 96.5 cm³/mol. The lowest BCUT2D eigenvalue weighted by Gasteiger charge is -2.15. The zero-order chi connectivity index (χ0) is 17.3. The number of thiophene rings is 1. The van der Waals surface area contributed by atoms with Crippen LogP contribution in [0.5, 0.6) is 0 Å². The number of hydrogen-bond donors (Lipinski definition) is 0. The molecule has 10 heteroatoms. The number of hydrogen-bond acceptors (Lipinski definition) is 9. The highest BCUT2D eigenvalue weighted by molar-refractivity contribution is 8.02. The third-order valence-corrected chi connectivity index (χ3v) is 6.84. The molecule has 0 aromatic carbocycles. The van der Waals surface area contributed by atoms with Crippen LogP contribution in [0.25, 0.3) is 0 Å². The zero-order valence-corrected chi connectivity index (χ0v) is 15.8. The van der Waals surface area contributed by atoms with Gasteiger partial charge in [-0.2, -0.15) is 0 Å². The Morgan fingerprint density at radius 1 is 1.46 bits per heavy atom. The van der Waals surface area contributed by atoms with Gasteiger partial charge in [0.15, 0.2) is 4.34 Å². The van der Waals surface area contributed by atoms with E-state index in [2.05, 4.69) is 10.2 Å². The summed E-state index contributed by atoms with van der Waals surface area (Å²) in [4.78, 5) is 28.1. The van der Waals surface area contributed by atoms with Crippen LogP contribution < -0.4 is 9.80 Å². The van der Waals surface area contributed by atoms with E-state index in [9.17, 15) is 9.59 Å². The maximum Gasteiger partial charge on any atom is 0.340 e. The van der Waals surface area contributed by atoms with Crippen molar-refractivity contribution < 1.29 is 14.3 Å². The van der Waals surface area contributed by atoms with E-state index in [1.54, 1.807) is 16.3 Å². The molecule has 3 rings (SSSR count). The van der Waals surface area contributed by atoms with Crippen molar-refractivity contribution in [1.82, 2.24) is 10.2 Å². The molecule has 0 bridgehead atoms. The minimum absolute atomic E-state index is 0.00536. The van der Waals surface area contributed by atoms with Crippen LogP contribution in [-0.4, -0.2) is 55.1 Å². The first-order valence-corrected chi connectivity index (χ1v) is 9.73. The number of anilines is 2. The van der Waals surface area contributed by atoms with Gasteiger partial charge in [-0.25, -0.2) is 4.79 Å². The molecule has 2 aromatic heterocycles. The van der Waals surface area contributed by atoms with E-state index >= 15 is 0 Å². The SMILES string of the molecule is COC(=O)c1ccsc1N1CCC(Sc2nnc(N(C)C)s2)C1=O. The molecular weight excluding hydrogens is 368 g/mol. The van der Waals surface area contributed by atoms with Crippen molar-refractivity contribution in [3.8, 4) is 0 Å². The average molecular weight is 385 g/mol. The van der Waals surface area contributed by atoms with Crippen LogP contribution in [0.3, 0.4) is 0 Å². The summed E-state index contributed by atoms with van der Waals surface area (Å²) in [6.07, 6.45) is 0.707. The second kappa shape index (κ2) is 7.08. The number of nitrogens with zero attached hydrogens (tertiary/aromatic N) is 4. The highest BCUT2D eigenvalue weighted by atomic mass is 32.2. The Balaban J connectivity index is 1.73. The first-order valence-electron chi connectivity index (χ1n) is 7.16. The second-order valence-electron chi connectivity index (χ2n) is 5.26. The van der Waals surface area contributed by atoms with E-state index in [4.69, 9.17) is 4.74 Å². The van der Waals surface area contributed by atoms with Crippen molar-refractivity contribution >= 4 is 56.4 Å². The summed E-state index contributed by atoms with van der Waals surface area (Å²) >= 11 is 4.27. The predicted octanol–water partition coefficient (Wildman–Crippen LogP) is 2.35. The van der Waals surface area contributed by atoms with Crippen molar-refractivity contribution in [1.29, 1.82) is 0 Å². The summed E-state index contributed by atoms with van der Waals surface area (Å²) in [5.41, 5.74) is 0.437. The Morgan fingerprint density at radius 3 is 2.92 bits per heavy atom. The molecule has 0 radical (unpaired) electrons.